The molecule has 1 atom stereocenters. The molecular weight excluding hydrogens is 415 g/mol. The zero-order valence-electron chi connectivity index (χ0n) is 10.5. The number of hydrogen-bond acceptors (Lipinski definition) is 2. The van der Waals surface area contributed by atoms with Crippen LogP contribution in [0.15, 0.2) is 45.6 Å². The molecule has 0 spiro atoms. The van der Waals surface area contributed by atoms with Crippen LogP contribution in [0.4, 0.5) is 13.2 Å². The Balaban J connectivity index is 2.28. The molecule has 1 aromatic carbocycles. The summed E-state index contributed by atoms with van der Waals surface area (Å²) >= 11 is 6.43. The van der Waals surface area contributed by atoms with E-state index in [4.69, 9.17) is 0 Å². The third kappa shape index (κ3) is 4.28. The van der Waals surface area contributed by atoms with Gasteiger partial charge in [0.05, 0.1) is 11.7 Å². The number of rotatable bonds is 3. The second kappa shape index (κ2) is 6.46. The Hall–Kier alpha value is -0.920. The maximum Gasteiger partial charge on any atom is 0.416 e. The van der Waals surface area contributed by atoms with Crippen molar-refractivity contribution < 1.29 is 18.3 Å². The highest BCUT2D eigenvalue weighted by Gasteiger charge is 2.31. The summed E-state index contributed by atoms with van der Waals surface area (Å²) in [6, 6.07) is 4.99. The van der Waals surface area contributed by atoms with Gasteiger partial charge in [0, 0.05) is 27.8 Å². The average molecular weight is 425 g/mol. The van der Waals surface area contributed by atoms with Gasteiger partial charge in [0.25, 0.3) is 0 Å². The van der Waals surface area contributed by atoms with Gasteiger partial charge < -0.3 is 5.11 Å². The molecule has 7 heteroatoms. The Bertz CT molecular complexity index is 646. The molecule has 112 valence electrons. The minimum Gasteiger partial charge on any atom is -0.388 e. The van der Waals surface area contributed by atoms with Gasteiger partial charge in [-0.1, -0.05) is 15.9 Å². The van der Waals surface area contributed by atoms with E-state index >= 15 is 0 Å². The number of aliphatic hydroxyl groups excluding tert-OH is 1. The first-order valence-electron chi connectivity index (χ1n) is 5.91. The summed E-state index contributed by atoms with van der Waals surface area (Å²) in [5, 5.41) is 10.2. The lowest BCUT2D eigenvalue weighted by Gasteiger charge is -2.15. The van der Waals surface area contributed by atoms with E-state index in [1.54, 1.807) is 18.5 Å². The number of alkyl halides is 3. The fraction of sp³-hybridized carbons (Fsp3) is 0.214. The van der Waals surface area contributed by atoms with Crippen LogP contribution in [0.1, 0.15) is 22.8 Å². The van der Waals surface area contributed by atoms with E-state index in [0.29, 0.717) is 4.47 Å². The van der Waals surface area contributed by atoms with Crippen LogP contribution in [0.25, 0.3) is 0 Å². The van der Waals surface area contributed by atoms with Gasteiger partial charge in [-0.15, -0.1) is 0 Å². The van der Waals surface area contributed by atoms with E-state index in [2.05, 4.69) is 36.8 Å². The first-order valence-corrected chi connectivity index (χ1v) is 7.50. The Kier molecular flexibility index (Phi) is 5.06. The molecule has 2 nitrogen and oxygen atoms in total. The summed E-state index contributed by atoms with van der Waals surface area (Å²) < 4.78 is 39.4. The molecule has 0 saturated heterocycles. The van der Waals surface area contributed by atoms with Crippen molar-refractivity contribution in [3.05, 3.63) is 62.3 Å². The number of halogens is 5. The van der Waals surface area contributed by atoms with Crippen LogP contribution in [0.5, 0.6) is 0 Å². The molecule has 0 bridgehead atoms. The maximum absolute atomic E-state index is 12.7. The smallest absolute Gasteiger partial charge is 0.388 e. The highest BCUT2D eigenvalue weighted by atomic mass is 79.9. The van der Waals surface area contributed by atoms with Gasteiger partial charge in [0.2, 0.25) is 0 Å². The lowest BCUT2D eigenvalue weighted by molar-refractivity contribution is -0.137. The molecular formula is C14H10Br2F3NO. The second-order valence-corrected chi connectivity index (χ2v) is 6.24. The summed E-state index contributed by atoms with van der Waals surface area (Å²) in [6.07, 6.45) is -2.16. The molecule has 1 aromatic heterocycles. The number of aliphatic hydroxyl groups is 1. The lowest BCUT2D eigenvalue weighted by atomic mass is 10.0. The standard InChI is InChI=1S/C14H10Br2F3NO/c15-10-3-8(6-20-7-10)4-13(21)11-5-9(14(17,18)19)1-2-12(11)16/h1-3,5-7,13,21H,4H2. The monoisotopic (exact) mass is 423 g/mol. The normalized spacial score (nSPS) is 13.2. The van der Waals surface area contributed by atoms with Crippen molar-refractivity contribution in [3.8, 4) is 0 Å². The van der Waals surface area contributed by atoms with Gasteiger partial charge in [0.15, 0.2) is 0 Å². The van der Waals surface area contributed by atoms with E-state index < -0.39 is 17.8 Å². The zero-order chi connectivity index (χ0) is 15.6. The third-order valence-corrected chi connectivity index (χ3v) is 4.03. The highest BCUT2D eigenvalue weighted by molar-refractivity contribution is 9.10. The molecule has 2 rings (SSSR count). The molecule has 0 saturated carbocycles. The van der Waals surface area contributed by atoms with E-state index in [-0.39, 0.29) is 12.0 Å². The van der Waals surface area contributed by atoms with Crippen molar-refractivity contribution in [2.24, 2.45) is 0 Å². The van der Waals surface area contributed by atoms with Crippen molar-refractivity contribution >= 4 is 31.9 Å². The molecule has 0 aliphatic rings. The predicted octanol–water partition coefficient (Wildman–Crippen LogP) is 4.90. The minimum atomic E-state index is -4.44. The van der Waals surface area contributed by atoms with Gasteiger partial charge in [-0.25, -0.2) is 0 Å². The molecule has 1 unspecified atom stereocenters. The van der Waals surface area contributed by atoms with Crippen molar-refractivity contribution in [2.45, 2.75) is 18.7 Å². The molecule has 0 aliphatic carbocycles. The Morgan fingerprint density at radius 1 is 1.14 bits per heavy atom. The molecule has 0 amide bonds. The fourth-order valence-corrected chi connectivity index (χ4v) is 2.80. The lowest BCUT2D eigenvalue weighted by Crippen LogP contribution is -2.09. The van der Waals surface area contributed by atoms with Crippen LogP contribution in [0, 0.1) is 0 Å². The second-order valence-electron chi connectivity index (χ2n) is 4.47. The van der Waals surface area contributed by atoms with Gasteiger partial charge in [-0.3, -0.25) is 4.98 Å². The van der Waals surface area contributed by atoms with Crippen molar-refractivity contribution in [1.82, 2.24) is 4.98 Å². The summed E-state index contributed by atoms with van der Waals surface area (Å²) in [5.74, 6) is 0. The van der Waals surface area contributed by atoms with Crippen molar-refractivity contribution in [3.63, 3.8) is 0 Å². The van der Waals surface area contributed by atoms with Gasteiger partial charge >= 0.3 is 6.18 Å². The number of nitrogens with zero attached hydrogens (tertiary/aromatic N) is 1. The molecule has 2 aromatic rings. The fourth-order valence-electron chi connectivity index (χ4n) is 1.88. The number of pyridine rings is 1. The van der Waals surface area contributed by atoms with Crippen molar-refractivity contribution in [1.29, 1.82) is 0 Å². The van der Waals surface area contributed by atoms with Gasteiger partial charge in [-0.05, 0) is 51.3 Å². The Labute approximate surface area is 136 Å². The SMILES string of the molecule is OC(Cc1cncc(Br)c1)c1cc(C(F)(F)F)ccc1Br. The first-order chi connectivity index (χ1) is 9.77. The van der Waals surface area contributed by atoms with Crippen molar-refractivity contribution in [2.75, 3.05) is 0 Å². The largest absolute Gasteiger partial charge is 0.416 e. The first kappa shape index (κ1) is 16.5. The van der Waals surface area contributed by atoms with E-state index in [0.717, 1.165) is 22.2 Å². The maximum atomic E-state index is 12.7. The van der Waals surface area contributed by atoms with Crippen LogP contribution in [0.2, 0.25) is 0 Å². The number of hydrogen-bond donors (Lipinski definition) is 1. The van der Waals surface area contributed by atoms with Gasteiger partial charge in [0.1, 0.15) is 0 Å². The summed E-state index contributed by atoms with van der Waals surface area (Å²) in [5.41, 5.74) is 0.137. The highest BCUT2D eigenvalue weighted by Crippen LogP contribution is 2.34. The van der Waals surface area contributed by atoms with E-state index in [1.165, 1.54) is 6.07 Å². The zero-order valence-corrected chi connectivity index (χ0v) is 13.7. The van der Waals surface area contributed by atoms with Crippen LogP contribution in [0.3, 0.4) is 0 Å². The average Bonchev–Trinajstić information content (AvgIpc) is 2.37. The Morgan fingerprint density at radius 2 is 1.86 bits per heavy atom. The Morgan fingerprint density at radius 3 is 2.48 bits per heavy atom. The van der Waals surface area contributed by atoms with Crippen LogP contribution < -0.4 is 0 Å². The minimum absolute atomic E-state index is 0.173. The van der Waals surface area contributed by atoms with Gasteiger partial charge in [-0.2, -0.15) is 13.2 Å². The van der Waals surface area contributed by atoms with E-state index in [1.807, 2.05) is 0 Å². The van der Waals surface area contributed by atoms with Crippen LogP contribution >= 0.6 is 31.9 Å². The molecule has 1 heterocycles. The molecule has 21 heavy (non-hydrogen) atoms. The van der Waals surface area contributed by atoms with Crippen LogP contribution in [-0.2, 0) is 12.6 Å². The quantitative estimate of drug-likeness (QED) is 0.759. The summed E-state index contributed by atoms with van der Waals surface area (Å²) in [6.45, 7) is 0. The predicted molar refractivity (Wildman–Crippen MR) is 79.7 cm³/mol. The van der Waals surface area contributed by atoms with E-state index in [9.17, 15) is 18.3 Å². The molecule has 0 radical (unpaired) electrons. The number of benzene rings is 1. The van der Waals surface area contributed by atoms with Crippen LogP contribution in [-0.4, -0.2) is 10.1 Å². The molecule has 1 N–H and O–H groups in total. The topological polar surface area (TPSA) is 33.1 Å². The summed E-state index contributed by atoms with van der Waals surface area (Å²) in [4.78, 5) is 3.96. The third-order valence-electron chi connectivity index (χ3n) is 2.87. The molecule has 0 aliphatic heterocycles. The number of aromatic nitrogens is 1. The molecule has 0 fully saturated rings. The summed E-state index contributed by atoms with van der Waals surface area (Å²) in [7, 11) is 0.